The summed E-state index contributed by atoms with van der Waals surface area (Å²) in [4.78, 5) is 16.5. The lowest BCUT2D eigenvalue weighted by atomic mass is 10.0. The Hall–Kier alpha value is -3.01. The van der Waals surface area contributed by atoms with Gasteiger partial charge in [-0.15, -0.1) is 0 Å². The minimum Gasteiger partial charge on any atom is -0.497 e. The first kappa shape index (κ1) is 20.3. The van der Waals surface area contributed by atoms with E-state index in [9.17, 15) is 18.3 Å². The van der Waals surface area contributed by atoms with Crippen LogP contribution < -0.4 is 4.74 Å². The summed E-state index contributed by atoms with van der Waals surface area (Å²) in [5.74, 6) is -0.478. The van der Waals surface area contributed by atoms with E-state index in [2.05, 4.69) is 4.98 Å². The molecule has 1 aliphatic rings. The van der Waals surface area contributed by atoms with E-state index in [-0.39, 0.29) is 28.9 Å². The highest BCUT2D eigenvalue weighted by atomic mass is 32.2. The summed E-state index contributed by atoms with van der Waals surface area (Å²) in [6, 6.07) is 12.9. The van der Waals surface area contributed by atoms with Gasteiger partial charge in [0.25, 0.3) is 0 Å². The molecular weight excluding hydrogens is 408 g/mol. The largest absolute Gasteiger partial charge is 0.497 e. The number of fused-ring (bicyclic) bond motifs is 1. The van der Waals surface area contributed by atoms with Crippen LogP contribution in [0, 0.1) is 0 Å². The van der Waals surface area contributed by atoms with Crippen molar-refractivity contribution in [1.82, 2.24) is 9.29 Å². The predicted octanol–water partition coefficient (Wildman–Crippen LogP) is 2.63. The number of rotatable bonds is 5. The van der Waals surface area contributed by atoms with Crippen LogP contribution in [0.25, 0.3) is 22.2 Å². The second kappa shape index (κ2) is 8.02. The third kappa shape index (κ3) is 3.74. The number of benzene rings is 2. The van der Waals surface area contributed by atoms with Crippen LogP contribution in [0.2, 0.25) is 0 Å². The molecule has 156 valence electrons. The number of carboxylic acid groups (broad SMARTS) is 1. The smallest absolute Gasteiger partial charge is 0.336 e. The van der Waals surface area contributed by atoms with Gasteiger partial charge in [0.2, 0.25) is 10.0 Å². The molecule has 1 fully saturated rings. The summed E-state index contributed by atoms with van der Waals surface area (Å²) >= 11 is 0. The second-order valence-corrected chi connectivity index (χ2v) is 8.72. The summed E-state index contributed by atoms with van der Waals surface area (Å²) < 4.78 is 37.6. The van der Waals surface area contributed by atoms with Crippen molar-refractivity contribution in [3.63, 3.8) is 0 Å². The van der Waals surface area contributed by atoms with Crippen LogP contribution in [-0.2, 0) is 14.8 Å². The van der Waals surface area contributed by atoms with Crippen LogP contribution in [0.3, 0.4) is 0 Å². The van der Waals surface area contributed by atoms with Crippen molar-refractivity contribution < 1.29 is 27.8 Å². The Balaban J connectivity index is 1.82. The van der Waals surface area contributed by atoms with Crippen LogP contribution in [0.5, 0.6) is 5.75 Å². The van der Waals surface area contributed by atoms with Gasteiger partial charge in [0, 0.05) is 24.0 Å². The standard InChI is InChI=1S/C21H20N2O6S/c1-28-15-4-2-14(3-5-15)20-13-18(21(24)25)17-12-16(6-7-19(17)22-20)30(26,27)23-8-10-29-11-9-23/h2-7,12-13H,8-11H2,1H3,(H,24,25). The molecule has 8 nitrogen and oxygen atoms in total. The number of aromatic carboxylic acids is 1. The van der Waals surface area contributed by atoms with Crippen molar-refractivity contribution in [3.8, 4) is 17.0 Å². The quantitative estimate of drug-likeness (QED) is 0.666. The highest BCUT2D eigenvalue weighted by molar-refractivity contribution is 7.89. The number of hydrogen-bond acceptors (Lipinski definition) is 6. The Morgan fingerprint density at radius 2 is 1.80 bits per heavy atom. The molecule has 0 radical (unpaired) electrons. The van der Waals surface area contributed by atoms with Crippen LogP contribution in [0.4, 0.5) is 0 Å². The monoisotopic (exact) mass is 428 g/mol. The Morgan fingerprint density at radius 1 is 1.10 bits per heavy atom. The van der Waals surface area contributed by atoms with Crippen LogP contribution in [0.15, 0.2) is 53.4 Å². The summed E-state index contributed by atoms with van der Waals surface area (Å²) in [5.41, 5.74) is 1.60. The number of morpholine rings is 1. The molecule has 30 heavy (non-hydrogen) atoms. The molecule has 0 amide bonds. The molecule has 1 N–H and O–H groups in total. The van der Waals surface area contributed by atoms with Crippen LogP contribution in [0.1, 0.15) is 10.4 Å². The van der Waals surface area contributed by atoms with Gasteiger partial charge >= 0.3 is 5.97 Å². The predicted molar refractivity (Wildman–Crippen MR) is 110 cm³/mol. The maximum Gasteiger partial charge on any atom is 0.336 e. The van der Waals surface area contributed by atoms with Gasteiger partial charge in [-0.25, -0.2) is 18.2 Å². The highest BCUT2D eigenvalue weighted by Crippen LogP contribution is 2.29. The van der Waals surface area contributed by atoms with Gasteiger partial charge in [-0.05, 0) is 48.5 Å². The van der Waals surface area contributed by atoms with Crippen molar-refractivity contribution in [1.29, 1.82) is 0 Å². The Bertz CT molecular complexity index is 1200. The first-order valence-corrected chi connectivity index (χ1v) is 10.7. The minimum atomic E-state index is -3.75. The molecule has 0 atom stereocenters. The number of carboxylic acids is 1. The van der Waals surface area contributed by atoms with E-state index in [1.165, 1.54) is 22.5 Å². The molecule has 1 aromatic heterocycles. The van der Waals surface area contributed by atoms with Gasteiger partial charge in [0.05, 0.1) is 42.0 Å². The van der Waals surface area contributed by atoms with Gasteiger partial charge < -0.3 is 14.6 Å². The van der Waals surface area contributed by atoms with Gasteiger partial charge in [-0.3, -0.25) is 0 Å². The second-order valence-electron chi connectivity index (χ2n) is 6.78. The van der Waals surface area contributed by atoms with Gasteiger partial charge in [0.15, 0.2) is 0 Å². The molecule has 1 aliphatic heterocycles. The summed E-state index contributed by atoms with van der Waals surface area (Å²) in [7, 11) is -2.18. The molecule has 0 unspecified atom stereocenters. The average Bonchev–Trinajstić information content (AvgIpc) is 2.78. The van der Waals surface area contributed by atoms with Crippen molar-refractivity contribution in [2.24, 2.45) is 0 Å². The van der Waals surface area contributed by atoms with E-state index in [0.717, 1.165) is 5.56 Å². The van der Waals surface area contributed by atoms with E-state index in [4.69, 9.17) is 9.47 Å². The zero-order valence-corrected chi connectivity index (χ0v) is 17.1. The number of pyridine rings is 1. The zero-order chi connectivity index (χ0) is 21.3. The topological polar surface area (TPSA) is 106 Å². The molecule has 1 saturated heterocycles. The summed E-state index contributed by atoms with van der Waals surface area (Å²) in [6.07, 6.45) is 0. The van der Waals surface area contributed by atoms with E-state index in [1.807, 2.05) is 0 Å². The lowest BCUT2D eigenvalue weighted by Crippen LogP contribution is -2.40. The normalized spacial score (nSPS) is 15.2. The maximum atomic E-state index is 13.0. The van der Waals surface area contributed by atoms with Crippen LogP contribution in [-0.4, -0.2) is 62.2 Å². The van der Waals surface area contributed by atoms with Crippen molar-refractivity contribution in [2.45, 2.75) is 4.90 Å². The first-order chi connectivity index (χ1) is 14.4. The average molecular weight is 428 g/mol. The maximum absolute atomic E-state index is 13.0. The van der Waals surface area contributed by atoms with E-state index < -0.39 is 16.0 Å². The molecule has 0 saturated carbocycles. The molecule has 2 aromatic carbocycles. The molecule has 0 aliphatic carbocycles. The number of methoxy groups -OCH3 is 1. The molecular formula is C21H20N2O6S. The molecule has 0 bridgehead atoms. The minimum absolute atomic E-state index is 0.00940. The van der Waals surface area contributed by atoms with E-state index in [0.29, 0.717) is 30.2 Å². The molecule has 2 heterocycles. The third-order valence-corrected chi connectivity index (χ3v) is 6.90. The fraction of sp³-hybridized carbons (Fsp3) is 0.238. The summed E-state index contributed by atoms with van der Waals surface area (Å²) in [6.45, 7) is 1.20. The number of carbonyl (C=O) groups is 1. The van der Waals surface area contributed by atoms with Gasteiger partial charge in [0.1, 0.15) is 5.75 Å². The number of aromatic nitrogens is 1. The van der Waals surface area contributed by atoms with Crippen molar-refractivity contribution in [3.05, 3.63) is 54.1 Å². The molecule has 0 spiro atoms. The number of ether oxygens (including phenoxy) is 2. The van der Waals surface area contributed by atoms with E-state index >= 15 is 0 Å². The molecule has 3 aromatic rings. The Labute approximate surface area is 173 Å². The first-order valence-electron chi connectivity index (χ1n) is 9.30. The van der Waals surface area contributed by atoms with Gasteiger partial charge in [-0.1, -0.05) is 0 Å². The van der Waals surface area contributed by atoms with Crippen molar-refractivity contribution in [2.75, 3.05) is 33.4 Å². The fourth-order valence-corrected chi connectivity index (χ4v) is 4.82. The summed E-state index contributed by atoms with van der Waals surface area (Å²) in [5, 5.41) is 10.0. The van der Waals surface area contributed by atoms with Gasteiger partial charge in [-0.2, -0.15) is 4.31 Å². The zero-order valence-electron chi connectivity index (χ0n) is 16.2. The number of nitrogens with zero attached hydrogens (tertiary/aromatic N) is 2. The molecule has 4 rings (SSSR count). The highest BCUT2D eigenvalue weighted by Gasteiger charge is 2.27. The lowest BCUT2D eigenvalue weighted by molar-refractivity contribution is 0.0699. The SMILES string of the molecule is COc1ccc(-c2cc(C(=O)O)c3cc(S(=O)(=O)N4CCOCC4)ccc3n2)cc1. The fourth-order valence-electron chi connectivity index (χ4n) is 3.39. The van der Waals surface area contributed by atoms with Crippen LogP contribution >= 0.6 is 0 Å². The Kier molecular flexibility index (Phi) is 5.42. The number of sulfonamides is 1. The lowest BCUT2D eigenvalue weighted by Gasteiger charge is -2.26. The third-order valence-electron chi connectivity index (χ3n) is 5.00. The Morgan fingerprint density at radius 3 is 2.43 bits per heavy atom. The van der Waals surface area contributed by atoms with Crippen molar-refractivity contribution >= 4 is 26.9 Å². The molecule has 9 heteroatoms. The van der Waals surface area contributed by atoms with E-state index in [1.54, 1.807) is 37.4 Å². The number of hydrogen-bond donors (Lipinski definition) is 1.